The van der Waals surface area contributed by atoms with Crippen LogP contribution in [-0.4, -0.2) is 18.2 Å². The molecule has 1 aromatic carbocycles. The van der Waals surface area contributed by atoms with Crippen molar-refractivity contribution < 1.29 is 8.42 Å². The van der Waals surface area contributed by atoms with E-state index in [1.807, 2.05) is 6.92 Å². The van der Waals surface area contributed by atoms with Crippen molar-refractivity contribution in [3.63, 3.8) is 0 Å². The second kappa shape index (κ2) is 5.69. The average Bonchev–Trinajstić information content (AvgIpc) is 2.72. The summed E-state index contributed by atoms with van der Waals surface area (Å²) in [7, 11) is -1.96. The number of nitrogens with zero attached hydrogens (tertiary/aromatic N) is 2. The van der Waals surface area contributed by atoms with Gasteiger partial charge in [-0.25, -0.2) is 8.42 Å². The molecule has 0 bridgehead atoms. The molecule has 1 heterocycles. The van der Waals surface area contributed by atoms with Crippen molar-refractivity contribution in [2.24, 2.45) is 7.05 Å². The van der Waals surface area contributed by atoms with Gasteiger partial charge in [-0.15, -0.1) is 0 Å². The number of aromatic nitrogens is 2. The van der Waals surface area contributed by atoms with Gasteiger partial charge in [0.15, 0.2) is 0 Å². The van der Waals surface area contributed by atoms with Gasteiger partial charge in [0.05, 0.1) is 16.3 Å². The predicted molar refractivity (Wildman–Crippen MR) is 86.7 cm³/mol. The number of nitrogen functional groups attached to an aromatic ring is 1. The summed E-state index contributed by atoms with van der Waals surface area (Å²) in [5.74, 6) is 0. The number of sulfonamides is 1. The molecule has 0 radical (unpaired) electrons. The maximum atomic E-state index is 12.5. The van der Waals surface area contributed by atoms with Crippen molar-refractivity contribution in [1.29, 1.82) is 0 Å². The first-order chi connectivity index (χ1) is 9.74. The van der Waals surface area contributed by atoms with E-state index < -0.39 is 10.0 Å². The van der Waals surface area contributed by atoms with Crippen LogP contribution in [-0.2, 0) is 23.5 Å². The molecule has 0 aliphatic rings. The standard InChI is InChI=1S/C13H17BrN4O2S/c1-4-11-12(7-18(3)16-11)17-21(19,20)13-6-10(15)9(14)5-8(13)2/h5-7,17H,4,15H2,1-3H3. The summed E-state index contributed by atoms with van der Waals surface area (Å²) in [6.07, 6.45) is 2.29. The van der Waals surface area contributed by atoms with E-state index >= 15 is 0 Å². The van der Waals surface area contributed by atoms with Crippen LogP contribution in [0.3, 0.4) is 0 Å². The molecule has 8 heteroatoms. The largest absolute Gasteiger partial charge is 0.398 e. The molecule has 2 aromatic rings. The van der Waals surface area contributed by atoms with Gasteiger partial charge in [0.2, 0.25) is 0 Å². The summed E-state index contributed by atoms with van der Waals surface area (Å²) in [5, 5.41) is 4.22. The molecule has 1 aromatic heterocycles. The lowest BCUT2D eigenvalue weighted by atomic mass is 10.2. The topological polar surface area (TPSA) is 90.0 Å². The molecule has 0 aliphatic heterocycles. The van der Waals surface area contributed by atoms with Gasteiger partial charge in [0.1, 0.15) is 0 Å². The van der Waals surface area contributed by atoms with Gasteiger partial charge in [-0.3, -0.25) is 9.40 Å². The van der Waals surface area contributed by atoms with Gasteiger partial charge in [-0.2, -0.15) is 5.10 Å². The monoisotopic (exact) mass is 372 g/mol. The molecule has 114 valence electrons. The van der Waals surface area contributed by atoms with Crippen molar-refractivity contribution in [1.82, 2.24) is 9.78 Å². The Kier molecular flexibility index (Phi) is 4.29. The molecular weight excluding hydrogens is 356 g/mol. The molecule has 2 rings (SSSR count). The summed E-state index contributed by atoms with van der Waals surface area (Å²) in [4.78, 5) is 0.161. The highest BCUT2D eigenvalue weighted by atomic mass is 79.9. The SMILES string of the molecule is CCc1nn(C)cc1NS(=O)(=O)c1cc(N)c(Br)cc1C. The number of anilines is 2. The van der Waals surface area contributed by atoms with Crippen molar-refractivity contribution in [3.05, 3.63) is 34.1 Å². The maximum absolute atomic E-state index is 12.5. The summed E-state index contributed by atoms with van der Waals surface area (Å²) in [6.45, 7) is 3.64. The number of nitrogens with two attached hydrogens (primary N) is 1. The average molecular weight is 373 g/mol. The molecule has 0 spiro atoms. The second-order valence-electron chi connectivity index (χ2n) is 4.76. The number of nitrogens with one attached hydrogen (secondary N) is 1. The van der Waals surface area contributed by atoms with E-state index in [-0.39, 0.29) is 4.90 Å². The van der Waals surface area contributed by atoms with Crippen LogP contribution < -0.4 is 10.5 Å². The van der Waals surface area contributed by atoms with Gasteiger partial charge in [0, 0.05) is 23.4 Å². The van der Waals surface area contributed by atoms with Gasteiger partial charge in [0.25, 0.3) is 10.0 Å². The molecule has 0 aliphatic carbocycles. The fourth-order valence-electron chi connectivity index (χ4n) is 2.04. The zero-order valence-electron chi connectivity index (χ0n) is 12.0. The van der Waals surface area contributed by atoms with Gasteiger partial charge < -0.3 is 5.73 Å². The van der Waals surface area contributed by atoms with E-state index in [1.165, 1.54) is 6.07 Å². The zero-order valence-corrected chi connectivity index (χ0v) is 14.4. The Labute approximate surface area is 132 Å². The lowest BCUT2D eigenvalue weighted by Crippen LogP contribution is -2.15. The van der Waals surface area contributed by atoms with Crippen LogP contribution in [0.15, 0.2) is 27.7 Å². The number of rotatable bonds is 4. The smallest absolute Gasteiger partial charge is 0.262 e. The number of hydrogen-bond donors (Lipinski definition) is 2. The number of halogens is 1. The first kappa shape index (κ1) is 15.8. The molecule has 3 N–H and O–H groups in total. The van der Waals surface area contributed by atoms with Crippen molar-refractivity contribution in [3.8, 4) is 0 Å². The summed E-state index contributed by atoms with van der Waals surface area (Å²) in [5.41, 5.74) is 7.96. The molecule has 0 amide bonds. The highest BCUT2D eigenvalue weighted by molar-refractivity contribution is 9.10. The van der Waals surface area contributed by atoms with Crippen LogP contribution in [0.4, 0.5) is 11.4 Å². The summed E-state index contributed by atoms with van der Waals surface area (Å²) in [6, 6.07) is 3.14. The van der Waals surface area contributed by atoms with Crippen LogP contribution in [0.2, 0.25) is 0 Å². The van der Waals surface area contributed by atoms with Crippen LogP contribution >= 0.6 is 15.9 Å². The quantitative estimate of drug-likeness (QED) is 0.806. The Morgan fingerprint density at radius 2 is 2.10 bits per heavy atom. The first-order valence-corrected chi connectivity index (χ1v) is 8.63. The van der Waals surface area contributed by atoms with Crippen molar-refractivity contribution in [2.45, 2.75) is 25.2 Å². The number of aryl methyl sites for hydroxylation is 3. The third kappa shape index (κ3) is 3.21. The minimum absolute atomic E-state index is 0.161. The third-order valence-corrected chi connectivity index (χ3v) is 5.26. The minimum atomic E-state index is -3.71. The molecule has 0 saturated heterocycles. The van der Waals surface area contributed by atoms with Crippen molar-refractivity contribution in [2.75, 3.05) is 10.5 Å². The molecule has 21 heavy (non-hydrogen) atoms. The number of hydrogen-bond acceptors (Lipinski definition) is 4. The van der Waals surface area contributed by atoms with Crippen LogP contribution in [0, 0.1) is 6.92 Å². The van der Waals surface area contributed by atoms with E-state index in [4.69, 9.17) is 5.73 Å². The Morgan fingerprint density at radius 3 is 2.71 bits per heavy atom. The molecule has 0 unspecified atom stereocenters. The molecular formula is C13H17BrN4O2S. The first-order valence-electron chi connectivity index (χ1n) is 6.35. The van der Waals surface area contributed by atoms with E-state index in [1.54, 1.807) is 30.9 Å². The van der Waals surface area contributed by atoms with Crippen LogP contribution in [0.5, 0.6) is 0 Å². The van der Waals surface area contributed by atoms with E-state index in [0.29, 0.717) is 33.5 Å². The molecule has 0 atom stereocenters. The normalized spacial score (nSPS) is 11.6. The Balaban J connectivity index is 2.45. The predicted octanol–water partition coefficient (Wildman–Crippen LogP) is 2.44. The molecule has 6 nitrogen and oxygen atoms in total. The van der Waals surface area contributed by atoms with Crippen molar-refractivity contribution >= 4 is 37.3 Å². The maximum Gasteiger partial charge on any atom is 0.262 e. The highest BCUT2D eigenvalue weighted by Gasteiger charge is 2.20. The van der Waals surface area contributed by atoms with Crippen LogP contribution in [0.1, 0.15) is 18.2 Å². The van der Waals surface area contributed by atoms with Gasteiger partial charge >= 0.3 is 0 Å². The fraction of sp³-hybridized carbons (Fsp3) is 0.308. The molecule has 0 fully saturated rings. The molecule has 0 saturated carbocycles. The highest BCUT2D eigenvalue weighted by Crippen LogP contribution is 2.28. The van der Waals surface area contributed by atoms with Gasteiger partial charge in [-0.05, 0) is 47.0 Å². The lowest BCUT2D eigenvalue weighted by molar-refractivity contribution is 0.600. The Hall–Kier alpha value is -1.54. The third-order valence-electron chi connectivity index (χ3n) is 3.07. The second-order valence-corrected chi connectivity index (χ2v) is 7.27. The Bertz CT molecular complexity index is 784. The van der Waals surface area contributed by atoms with E-state index in [0.717, 1.165) is 0 Å². The lowest BCUT2D eigenvalue weighted by Gasteiger charge is -2.11. The van der Waals surface area contributed by atoms with Crippen LogP contribution in [0.25, 0.3) is 0 Å². The fourth-order valence-corrected chi connectivity index (χ4v) is 3.83. The van der Waals surface area contributed by atoms with Gasteiger partial charge in [-0.1, -0.05) is 6.92 Å². The number of benzene rings is 1. The summed E-state index contributed by atoms with van der Waals surface area (Å²) < 4.78 is 29.9. The Morgan fingerprint density at radius 1 is 1.43 bits per heavy atom. The summed E-state index contributed by atoms with van der Waals surface area (Å²) >= 11 is 3.29. The zero-order chi connectivity index (χ0) is 15.8. The van der Waals surface area contributed by atoms with E-state index in [9.17, 15) is 8.42 Å². The van der Waals surface area contributed by atoms with E-state index in [2.05, 4.69) is 25.8 Å². The minimum Gasteiger partial charge on any atom is -0.398 e.